The van der Waals surface area contributed by atoms with E-state index in [2.05, 4.69) is 5.32 Å². The summed E-state index contributed by atoms with van der Waals surface area (Å²) in [6.07, 6.45) is 1.92. The van der Waals surface area contributed by atoms with E-state index in [1.807, 2.05) is 48.0 Å². The van der Waals surface area contributed by atoms with E-state index in [0.29, 0.717) is 12.1 Å². The Labute approximate surface area is 118 Å². The predicted molar refractivity (Wildman–Crippen MR) is 76.5 cm³/mol. The molecule has 2 aromatic rings. The summed E-state index contributed by atoms with van der Waals surface area (Å²) in [5.41, 5.74) is 2.75. The highest BCUT2D eigenvalue weighted by Crippen LogP contribution is 2.31. The molecule has 4 heteroatoms. The first-order valence-corrected chi connectivity index (χ1v) is 6.92. The number of carbonyl (C=O) groups excluding carboxylic acids is 1. The van der Waals surface area contributed by atoms with Gasteiger partial charge in [-0.3, -0.25) is 4.79 Å². The van der Waals surface area contributed by atoms with Gasteiger partial charge in [-0.05, 0) is 30.2 Å². The summed E-state index contributed by atoms with van der Waals surface area (Å²) in [6, 6.07) is 11.2. The molecule has 0 aliphatic heterocycles. The molecule has 0 bridgehead atoms. The summed E-state index contributed by atoms with van der Waals surface area (Å²) in [7, 11) is 0. The number of hydrogen-bond acceptors (Lipinski definition) is 2. The second kappa shape index (κ2) is 5.13. The number of hydrogen-bond donors (Lipinski definition) is 2. The van der Waals surface area contributed by atoms with Crippen LogP contribution >= 0.6 is 0 Å². The Morgan fingerprint density at radius 3 is 2.95 bits per heavy atom. The summed E-state index contributed by atoms with van der Waals surface area (Å²) in [4.78, 5) is 12.4. The van der Waals surface area contributed by atoms with Crippen molar-refractivity contribution < 1.29 is 9.90 Å². The lowest BCUT2D eigenvalue weighted by Gasteiger charge is -2.18. The molecule has 20 heavy (non-hydrogen) atoms. The van der Waals surface area contributed by atoms with E-state index in [4.69, 9.17) is 0 Å². The minimum atomic E-state index is -0.554. The van der Waals surface area contributed by atoms with Crippen LogP contribution in [0.2, 0.25) is 0 Å². The van der Waals surface area contributed by atoms with Crippen LogP contribution in [0.5, 0.6) is 0 Å². The van der Waals surface area contributed by atoms with E-state index in [1.54, 1.807) is 6.07 Å². The van der Waals surface area contributed by atoms with Gasteiger partial charge in [0.15, 0.2) is 0 Å². The topological polar surface area (TPSA) is 54.3 Å². The van der Waals surface area contributed by atoms with Gasteiger partial charge < -0.3 is 15.0 Å². The van der Waals surface area contributed by atoms with Crippen LogP contribution in [0.4, 0.5) is 0 Å². The maximum atomic E-state index is 12.4. The standard InChI is InChI=1S/C16H18N2O2/c1-2-18-9-5-8-13(18)16(20)17-15-12-7-4-3-6-11(12)10-14(15)19/h3-9,14-15,19H,2,10H2,1H3,(H,17,20)/t14-,15+/m0/s1. The van der Waals surface area contributed by atoms with E-state index < -0.39 is 6.10 Å². The van der Waals surface area contributed by atoms with Crippen molar-refractivity contribution in [2.45, 2.75) is 32.0 Å². The molecule has 1 aromatic carbocycles. The van der Waals surface area contributed by atoms with Crippen LogP contribution in [-0.4, -0.2) is 21.7 Å². The van der Waals surface area contributed by atoms with E-state index in [0.717, 1.165) is 17.7 Å². The number of benzene rings is 1. The third-order valence-electron chi connectivity index (χ3n) is 3.89. The third-order valence-corrected chi connectivity index (χ3v) is 3.89. The molecular formula is C16H18N2O2. The van der Waals surface area contributed by atoms with Gasteiger partial charge in [0, 0.05) is 19.2 Å². The van der Waals surface area contributed by atoms with Crippen LogP contribution in [0, 0.1) is 0 Å². The highest BCUT2D eigenvalue weighted by Gasteiger charge is 2.32. The van der Waals surface area contributed by atoms with Crippen molar-refractivity contribution in [2.75, 3.05) is 0 Å². The maximum Gasteiger partial charge on any atom is 0.268 e. The molecule has 0 saturated heterocycles. The van der Waals surface area contributed by atoms with E-state index in [9.17, 15) is 9.90 Å². The Balaban J connectivity index is 1.83. The lowest BCUT2D eigenvalue weighted by molar-refractivity contribution is 0.0849. The second-order valence-electron chi connectivity index (χ2n) is 5.10. The zero-order valence-corrected chi connectivity index (χ0v) is 11.4. The van der Waals surface area contributed by atoms with Crippen LogP contribution in [0.3, 0.4) is 0 Å². The zero-order chi connectivity index (χ0) is 14.1. The number of amides is 1. The van der Waals surface area contributed by atoms with E-state index >= 15 is 0 Å². The van der Waals surface area contributed by atoms with Crippen molar-refractivity contribution in [3.8, 4) is 0 Å². The number of aliphatic hydroxyl groups excluding tert-OH is 1. The molecule has 1 aliphatic carbocycles. The first-order chi connectivity index (χ1) is 9.70. The number of nitrogens with zero attached hydrogens (tertiary/aromatic N) is 1. The van der Waals surface area contributed by atoms with Crippen LogP contribution in [0.1, 0.15) is 34.6 Å². The number of rotatable bonds is 3. The highest BCUT2D eigenvalue weighted by molar-refractivity contribution is 5.93. The Kier molecular flexibility index (Phi) is 3.32. The Bertz CT molecular complexity index is 633. The minimum absolute atomic E-state index is 0.141. The van der Waals surface area contributed by atoms with Crippen LogP contribution in [0.25, 0.3) is 0 Å². The molecule has 1 amide bonds. The number of fused-ring (bicyclic) bond motifs is 1. The number of aryl methyl sites for hydroxylation is 1. The Hall–Kier alpha value is -2.07. The third kappa shape index (κ3) is 2.12. The summed E-state index contributed by atoms with van der Waals surface area (Å²) in [6.45, 7) is 2.75. The van der Waals surface area contributed by atoms with Gasteiger partial charge in [-0.25, -0.2) is 0 Å². The molecule has 0 saturated carbocycles. The average Bonchev–Trinajstić information content (AvgIpc) is 3.04. The fourth-order valence-electron chi connectivity index (χ4n) is 2.86. The van der Waals surface area contributed by atoms with Gasteiger partial charge in [0.2, 0.25) is 0 Å². The molecule has 2 atom stereocenters. The van der Waals surface area contributed by atoms with Crippen molar-refractivity contribution in [3.05, 3.63) is 59.4 Å². The molecular weight excluding hydrogens is 252 g/mol. The molecule has 3 rings (SSSR count). The van der Waals surface area contributed by atoms with Crippen LogP contribution in [-0.2, 0) is 13.0 Å². The largest absolute Gasteiger partial charge is 0.390 e. The Morgan fingerprint density at radius 2 is 2.15 bits per heavy atom. The van der Waals surface area contributed by atoms with Crippen molar-refractivity contribution >= 4 is 5.91 Å². The fraction of sp³-hybridized carbons (Fsp3) is 0.312. The van der Waals surface area contributed by atoms with Crippen LogP contribution in [0.15, 0.2) is 42.6 Å². The second-order valence-corrected chi connectivity index (χ2v) is 5.10. The monoisotopic (exact) mass is 270 g/mol. The summed E-state index contributed by atoms with van der Waals surface area (Å²) in [5, 5.41) is 13.1. The first kappa shape index (κ1) is 12.9. The fourth-order valence-corrected chi connectivity index (χ4v) is 2.86. The number of carbonyl (C=O) groups is 1. The summed E-state index contributed by atoms with van der Waals surface area (Å²) < 4.78 is 1.89. The Morgan fingerprint density at radius 1 is 1.35 bits per heavy atom. The molecule has 104 valence electrons. The molecule has 2 N–H and O–H groups in total. The molecule has 1 aromatic heterocycles. The van der Waals surface area contributed by atoms with Crippen molar-refractivity contribution in [1.82, 2.24) is 9.88 Å². The lowest BCUT2D eigenvalue weighted by Crippen LogP contribution is -2.34. The SMILES string of the molecule is CCn1cccc1C(=O)N[C@@H]1c2ccccc2C[C@@H]1O. The summed E-state index contributed by atoms with van der Waals surface area (Å²) >= 11 is 0. The quantitative estimate of drug-likeness (QED) is 0.895. The van der Waals surface area contributed by atoms with Gasteiger partial charge in [0.05, 0.1) is 12.1 Å². The molecule has 0 spiro atoms. The van der Waals surface area contributed by atoms with Gasteiger partial charge >= 0.3 is 0 Å². The zero-order valence-electron chi connectivity index (χ0n) is 11.4. The molecule has 1 heterocycles. The van der Waals surface area contributed by atoms with Crippen molar-refractivity contribution in [1.29, 1.82) is 0 Å². The smallest absolute Gasteiger partial charge is 0.268 e. The van der Waals surface area contributed by atoms with Crippen molar-refractivity contribution in [3.63, 3.8) is 0 Å². The first-order valence-electron chi connectivity index (χ1n) is 6.92. The lowest BCUT2D eigenvalue weighted by atomic mass is 10.1. The van der Waals surface area contributed by atoms with E-state index in [-0.39, 0.29) is 11.9 Å². The van der Waals surface area contributed by atoms with Gasteiger partial charge in [0.25, 0.3) is 5.91 Å². The van der Waals surface area contributed by atoms with Gasteiger partial charge in [-0.15, -0.1) is 0 Å². The predicted octanol–water partition coefficient (Wildman–Crippen LogP) is 1.90. The van der Waals surface area contributed by atoms with Gasteiger partial charge in [-0.1, -0.05) is 24.3 Å². The molecule has 1 aliphatic rings. The molecule has 0 unspecified atom stereocenters. The molecule has 0 radical (unpaired) electrons. The van der Waals surface area contributed by atoms with E-state index in [1.165, 1.54) is 0 Å². The van der Waals surface area contributed by atoms with Gasteiger partial charge in [0.1, 0.15) is 5.69 Å². The summed E-state index contributed by atoms with van der Waals surface area (Å²) in [5.74, 6) is -0.141. The highest BCUT2D eigenvalue weighted by atomic mass is 16.3. The number of aromatic nitrogens is 1. The normalized spacial score (nSPS) is 20.7. The maximum absolute atomic E-state index is 12.4. The average molecular weight is 270 g/mol. The molecule has 0 fully saturated rings. The minimum Gasteiger partial charge on any atom is -0.390 e. The van der Waals surface area contributed by atoms with Crippen molar-refractivity contribution in [2.24, 2.45) is 0 Å². The van der Waals surface area contributed by atoms with Gasteiger partial charge in [-0.2, -0.15) is 0 Å². The number of nitrogens with one attached hydrogen (secondary N) is 1. The van der Waals surface area contributed by atoms with Crippen LogP contribution < -0.4 is 5.32 Å². The molecule has 4 nitrogen and oxygen atoms in total. The number of aliphatic hydroxyl groups is 1.